The number of carbonyl (C=O) groups excluding carboxylic acids is 1. The van der Waals surface area contributed by atoms with Crippen LogP contribution in [0.4, 0.5) is 15.8 Å². The first-order valence-electron chi connectivity index (χ1n) is 5.90. The number of anilines is 1. The quantitative estimate of drug-likeness (QED) is 0.668. The Balaban J connectivity index is 2.35. The number of carbonyl (C=O) groups is 1. The number of nitro benzene ring substituents is 1. The number of para-hydroxylation sites is 1. The molecule has 0 atom stereocenters. The van der Waals surface area contributed by atoms with E-state index in [0.717, 1.165) is 0 Å². The molecule has 0 aliphatic heterocycles. The molecule has 0 aliphatic rings. The number of aryl methyl sites for hydroxylation is 1. The summed E-state index contributed by atoms with van der Waals surface area (Å²) < 4.78 is 13.5. The molecule has 0 aromatic heterocycles. The lowest BCUT2D eigenvalue weighted by molar-refractivity contribution is -0.385. The monoisotopic (exact) mass is 352 g/mol. The fraction of sp³-hybridized carbons (Fsp3) is 0.0714. The van der Waals surface area contributed by atoms with Gasteiger partial charge in [0.15, 0.2) is 0 Å². The topological polar surface area (TPSA) is 72.2 Å². The van der Waals surface area contributed by atoms with Crippen LogP contribution < -0.4 is 5.32 Å². The molecular weight excluding hydrogens is 343 g/mol. The Morgan fingerprint density at radius 1 is 1.33 bits per heavy atom. The minimum atomic E-state index is -0.623. The highest BCUT2D eigenvalue weighted by Gasteiger charge is 2.20. The molecule has 0 aliphatic carbocycles. The van der Waals surface area contributed by atoms with E-state index < -0.39 is 16.6 Å². The number of halogens is 2. The van der Waals surface area contributed by atoms with Crippen molar-refractivity contribution in [2.45, 2.75) is 6.92 Å². The highest BCUT2D eigenvalue weighted by molar-refractivity contribution is 9.10. The molecule has 108 valence electrons. The van der Waals surface area contributed by atoms with E-state index in [1.54, 1.807) is 6.92 Å². The molecule has 2 aromatic carbocycles. The summed E-state index contributed by atoms with van der Waals surface area (Å²) in [4.78, 5) is 22.5. The molecule has 0 saturated heterocycles. The zero-order valence-corrected chi connectivity index (χ0v) is 12.5. The Morgan fingerprint density at radius 3 is 2.67 bits per heavy atom. The molecule has 5 nitrogen and oxygen atoms in total. The van der Waals surface area contributed by atoms with Gasteiger partial charge in [-0.1, -0.05) is 12.1 Å². The SMILES string of the molecule is Cc1cc(F)c(Br)cc1NC(=O)c1ccccc1[N+](=O)[O-]. The maximum absolute atomic E-state index is 13.3. The van der Waals surface area contributed by atoms with Crippen molar-refractivity contribution < 1.29 is 14.1 Å². The van der Waals surface area contributed by atoms with Crippen molar-refractivity contribution in [1.29, 1.82) is 0 Å². The summed E-state index contributed by atoms with van der Waals surface area (Å²) in [5, 5.41) is 13.5. The van der Waals surface area contributed by atoms with Gasteiger partial charge in [-0.2, -0.15) is 0 Å². The Hall–Kier alpha value is -2.28. The highest BCUT2D eigenvalue weighted by Crippen LogP contribution is 2.26. The Kier molecular flexibility index (Phi) is 4.32. The van der Waals surface area contributed by atoms with Crippen molar-refractivity contribution in [3.8, 4) is 0 Å². The number of amides is 1. The molecule has 21 heavy (non-hydrogen) atoms. The van der Waals surface area contributed by atoms with Gasteiger partial charge in [-0.3, -0.25) is 14.9 Å². The van der Waals surface area contributed by atoms with Gasteiger partial charge in [-0.15, -0.1) is 0 Å². The predicted octanol–water partition coefficient (Wildman–Crippen LogP) is 4.06. The summed E-state index contributed by atoms with van der Waals surface area (Å²) in [5.74, 6) is -1.07. The molecule has 1 N–H and O–H groups in total. The molecule has 0 saturated carbocycles. The molecule has 7 heteroatoms. The number of rotatable bonds is 3. The van der Waals surface area contributed by atoms with Gasteiger partial charge in [0.05, 0.1) is 9.40 Å². The Labute approximate surface area is 128 Å². The van der Waals surface area contributed by atoms with Crippen molar-refractivity contribution in [2.24, 2.45) is 0 Å². The van der Waals surface area contributed by atoms with Gasteiger partial charge in [-0.25, -0.2) is 4.39 Å². The molecular formula is C14H10BrFN2O3. The van der Waals surface area contributed by atoms with Crippen molar-refractivity contribution in [1.82, 2.24) is 0 Å². The van der Waals surface area contributed by atoms with Crippen LogP contribution >= 0.6 is 15.9 Å². The first-order valence-corrected chi connectivity index (χ1v) is 6.70. The summed E-state index contributed by atoms with van der Waals surface area (Å²) >= 11 is 3.03. The van der Waals surface area contributed by atoms with Gasteiger partial charge in [0.1, 0.15) is 11.4 Å². The van der Waals surface area contributed by atoms with Crippen LogP contribution in [0.3, 0.4) is 0 Å². The molecule has 0 fully saturated rings. The van der Waals surface area contributed by atoms with E-state index >= 15 is 0 Å². The van der Waals surface area contributed by atoms with E-state index in [1.807, 2.05) is 0 Å². The second kappa shape index (κ2) is 6.01. The predicted molar refractivity (Wildman–Crippen MR) is 79.9 cm³/mol. The average Bonchev–Trinajstić information content (AvgIpc) is 2.44. The second-order valence-electron chi connectivity index (χ2n) is 4.31. The average molecular weight is 353 g/mol. The fourth-order valence-corrected chi connectivity index (χ4v) is 2.14. The number of benzene rings is 2. The second-order valence-corrected chi connectivity index (χ2v) is 5.16. The summed E-state index contributed by atoms with van der Waals surface area (Å²) in [6.07, 6.45) is 0. The van der Waals surface area contributed by atoms with Crippen LogP contribution in [0, 0.1) is 22.9 Å². The number of hydrogen-bond donors (Lipinski definition) is 1. The smallest absolute Gasteiger partial charge is 0.282 e. The number of nitrogens with zero attached hydrogens (tertiary/aromatic N) is 1. The standard InChI is InChI=1S/C14H10BrFN2O3/c1-8-6-11(16)10(15)7-12(8)17-14(19)9-4-2-3-5-13(9)18(20)21/h2-7H,1H3,(H,17,19). The summed E-state index contributed by atoms with van der Waals surface area (Å²) in [7, 11) is 0. The third-order valence-electron chi connectivity index (χ3n) is 2.86. The van der Waals surface area contributed by atoms with Gasteiger partial charge < -0.3 is 5.32 Å². The minimum absolute atomic E-state index is 0.0534. The molecule has 0 heterocycles. The molecule has 2 rings (SSSR count). The van der Waals surface area contributed by atoms with Crippen LogP contribution in [0.15, 0.2) is 40.9 Å². The first kappa shape index (κ1) is 15.1. The molecule has 1 amide bonds. The molecule has 0 radical (unpaired) electrons. The van der Waals surface area contributed by atoms with Crippen LogP contribution in [0.2, 0.25) is 0 Å². The zero-order chi connectivity index (χ0) is 15.6. The van der Waals surface area contributed by atoms with Gasteiger partial charge in [-0.05, 0) is 46.6 Å². The maximum atomic E-state index is 13.3. The Morgan fingerprint density at radius 2 is 2.00 bits per heavy atom. The molecule has 2 aromatic rings. The highest BCUT2D eigenvalue weighted by atomic mass is 79.9. The van der Waals surface area contributed by atoms with Crippen molar-refractivity contribution in [3.63, 3.8) is 0 Å². The lowest BCUT2D eigenvalue weighted by atomic mass is 10.1. The van der Waals surface area contributed by atoms with Crippen LogP contribution in [-0.2, 0) is 0 Å². The zero-order valence-electron chi connectivity index (χ0n) is 10.9. The lowest BCUT2D eigenvalue weighted by Gasteiger charge is -2.09. The van der Waals surface area contributed by atoms with Crippen molar-refractivity contribution >= 4 is 33.2 Å². The number of nitrogens with one attached hydrogen (secondary N) is 1. The van der Waals surface area contributed by atoms with Crippen molar-refractivity contribution in [3.05, 3.63) is 67.9 Å². The van der Waals surface area contributed by atoms with Crippen LogP contribution in [-0.4, -0.2) is 10.8 Å². The van der Waals surface area contributed by atoms with Crippen LogP contribution in [0.1, 0.15) is 15.9 Å². The number of hydrogen-bond acceptors (Lipinski definition) is 3. The minimum Gasteiger partial charge on any atom is -0.321 e. The third-order valence-corrected chi connectivity index (χ3v) is 3.47. The van der Waals surface area contributed by atoms with E-state index in [4.69, 9.17) is 0 Å². The van der Waals surface area contributed by atoms with Gasteiger partial charge in [0, 0.05) is 11.8 Å². The largest absolute Gasteiger partial charge is 0.321 e. The van der Waals surface area contributed by atoms with Crippen LogP contribution in [0.25, 0.3) is 0 Å². The molecule has 0 bridgehead atoms. The van der Waals surface area contributed by atoms with E-state index in [9.17, 15) is 19.3 Å². The fourth-order valence-electron chi connectivity index (χ4n) is 1.80. The molecule has 0 spiro atoms. The van der Waals surface area contributed by atoms with Gasteiger partial charge in [0.2, 0.25) is 0 Å². The third kappa shape index (κ3) is 3.25. The normalized spacial score (nSPS) is 10.2. The van der Waals surface area contributed by atoms with E-state index in [-0.39, 0.29) is 15.7 Å². The summed E-state index contributed by atoms with van der Waals surface area (Å²) in [5.41, 5.74) is 0.560. The van der Waals surface area contributed by atoms with E-state index in [2.05, 4.69) is 21.2 Å². The Bertz CT molecular complexity index is 734. The van der Waals surface area contributed by atoms with Crippen LogP contribution in [0.5, 0.6) is 0 Å². The molecule has 0 unspecified atom stereocenters. The van der Waals surface area contributed by atoms with E-state index in [1.165, 1.54) is 36.4 Å². The van der Waals surface area contributed by atoms with Gasteiger partial charge >= 0.3 is 0 Å². The summed E-state index contributed by atoms with van der Waals surface area (Å²) in [6, 6.07) is 8.31. The number of nitro groups is 1. The lowest BCUT2D eigenvalue weighted by Crippen LogP contribution is -2.14. The summed E-state index contributed by atoms with van der Waals surface area (Å²) in [6.45, 7) is 1.63. The first-order chi connectivity index (χ1) is 9.90. The maximum Gasteiger partial charge on any atom is 0.282 e. The van der Waals surface area contributed by atoms with Gasteiger partial charge in [0.25, 0.3) is 11.6 Å². The van der Waals surface area contributed by atoms with Crippen molar-refractivity contribution in [2.75, 3.05) is 5.32 Å². The van der Waals surface area contributed by atoms with E-state index in [0.29, 0.717) is 11.3 Å².